The van der Waals surface area contributed by atoms with Crippen molar-refractivity contribution in [1.29, 1.82) is 0 Å². The number of imidazole rings is 2. The number of methoxy groups -OCH3 is 2. The summed E-state index contributed by atoms with van der Waals surface area (Å²) >= 11 is 0. The molecule has 5 atom stereocenters. The summed E-state index contributed by atoms with van der Waals surface area (Å²) in [5, 5.41) is 6.44. The quantitative estimate of drug-likeness (QED) is 0.0871. The van der Waals surface area contributed by atoms with E-state index in [-0.39, 0.29) is 35.7 Å². The zero-order valence-corrected chi connectivity index (χ0v) is 39.5. The molecule has 0 radical (unpaired) electrons. The molecule has 4 amide bonds. The molecule has 4 N–H and O–H groups in total. The number of hydrogen-bond donors (Lipinski definition) is 4. The van der Waals surface area contributed by atoms with Crippen molar-refractivity contribution in [2.75, 3.05) is 33.9 Å². The highest BCUT2D eigenvalue weighted by Gasteiger charge is 2.39. The maximum Gasteiger partial charge on any atom is 0.407 e. The second-order valence-electron chi connectivity index (χ2n) is 18.3. The number of aromatic amines is 2. The predicted octanol–water partition coefficient (Wildman–Crippen LogP) is 8.51. The van der Waals surface area contributed by atoms with Gasteiger partial charge in [0.05, 0.1) is 67.9 Å². The van der Waals surface area contributed by atoms with Crippen molar-refractivity contribution in [3.05, 3.63) is 96.3 Å². The van der Waals surface area contributed by atoms with Crippen molar-refractivity contribution in [2.24, 2.45) is 11.8 Å². The lowest BCUT2D eigenvalue weighted by atomic mass is 10.0. The van der Waals surface area contributed by atoms with E-state index in [0.717, 1.165) is 81.7 Å². The van der Waals surface area contributed by atoms with Gasteiger partial charge in [-0.1, -0.05) is 52.0 Å². The third kappa shape index (κ3) is 8.72. The van der Waals surface area contributed by atoms with Gasteiger partial charge in [-0.2, -0.15) is 0 Å². The normalized spacial score (nSPS) is 18.5. The largest absolute Gasteiger partial charge is 0.494 e. The molecule has 3 aromatic carbocycles. The first-order chi connectivity index (χ1) is 32.9. The van der Waals surface area contributed by atoms with Gasteiger partial charge < -0.3 is 53.9 Å². The first kappa shape index (κ1) is 45.8. The predicted molar refractivity (Wildman–Crippen MR) is 255 cm³/mol. The summed E-state index contributed by atoms with van der Waals surface area (Å²) in [5.74, 6) is 2.22. The third-order valence-electron chi connectivity index (χ3n) is 13.3. The van der Waals surface area contributed by atoms with Gasteiger partial charge in [-0.05, 0) is 86.9 Å². The van der Waals surface area contributed by atoms with E-state index in [9.17, 15) is 19.2 Å². The number of hydrogen-bond acceptors (Lipinski definition) is 10. The fourth-order valence-electron chi connectivity index (χ4n) is 9.87. The Bertz CT molecular complexity index is 2850. The molecule has 6 heterocycles. The minimum Gasteiger partial charge on any atom is -0.494 e. The van der Waals surface area contributed by atoms with Crippen LogP contribution in [0.1, 0.15) is 95.8 Å². The van der Waals surface area contributed by atoms with Crippen LogP contribution in [0.2, 0.25) is 0 Å². The van der Waals surface area contributed by atoms with Gasteiger partial charge >= 0.3 is 12.2 Å². The number of carbonyl (C=O) groups is 4. The number of amides is 4. The Balaban J connectivity index is 1.03. The highest BCUT2D eigenvalue weighted by atomic mass is 16.5. The fourth-order valence-corrected chi connectivity index (χ4v) is 9.87. The molecule has 3 aliphatic heterocycles. The van der Waals surface area contributed by atoms with Gasteiger partial charge in [-0.3, -0.25) is 9.59 Å². The monoisotopic (exact) mass is 925 g/mol. The molecular weight excluding hydrogens is 867 g/mol. The maximum atomic E-state index is 13.8. The number of carbonyl (C=O) groups excluding carboxylic acids is 4. The van der Waals surface area contributed by atoms with Crippen LogP contribution in [0.15, 0.2) is 79.1 Å². The minimum atomic E-state index is -0.729. The van der Waals surface area contributed by atoms with E-state index in [1.165, 1.54) is 14.2 Å². The first-order valence-electron chi connectivity index (χ1n) is 23.5. The second-order valence-corrected chi connectivity index (χ2v) is 18.3. The van der Waals surface area contributed by atoms with Crippen LogP contribution in [0, 0.1) is 11.8 Å². The number of alkyl carbamates (subject to hydrolysis) is 2. The molecule has 17 nitrogen and oxygen atoms in total. The summed E-state index contributed by atoms with van der Waals surface area (Å²) in [7, 11) is 2.58. The molecule has 0 bridgehead atoms. The summed E-state index contributed by atoms with van der Waals surface area (Å²) in [6.45, 7) is 11.2. The van der Waals surface area contributed by atoms with E-state index in [4.69, 9.17) is 28.9 Å². The molecule has 0 aliphatic carbocycles. The number of likely N-dealkylation sites (tertiary alicyclic amines) is 2. The first-order valence-corrected chi connectivity index (χ1v) is 23.5. The summed E-state index contributed by atoms with van der Waals surface area (Å²) in [6, 6.07) is 20.7. The Labute approximate surface area is 394 Å². The number of aromatic nitrogens is 5. The molecule has 2 fully saturated rings. The average molecular weight is 926 g/mol. The zero-order chi connectivity index (χ0) is 47.8. The number of H-pyrrole nitrogens is 2. The Morgan fingerprint density at radius 3 is 1.88 bits per heavy atom. The van der Waals surface area contributed by atoms with Crippen molar-refractivity contribution < 1.29 is 38.1 Å². The summed E-state index contributed by atoms with van der Waals surface area (Å²) in [5.41, 5.74) is 7.21. The Hall–Kier alpha value is -7.30. The SMILES string of the molecule is CCOc1cccc(C2Oc3cc(-c4cnc([C@@H]5CCCN5C(=O)[C@H](NC(=O)OC)C(C)C)[nH]4)ccc3-c3cc4cc(-c5cnc([C@@H]6CCCN6C(=O)[C@H](NC(=O)OC)C(C)C)[nH]5)ccc4n32)c1. The molecule has 1 unspecified atom stereocenters. The van der Waals surface area contributed by atoms with Gasteiger partial charge in [0.25, 0.3) is 0 Å². The lowest BCUT2D eigenvalue weighted by molar-refractivity contribution is -0.136. The molecule has 2 saturated heterocycles. The van der Waals surface area contributed by atoms with E-state index in [1.54, 1.807) is 11.1 Å². The van der Waals surface area contributed by atoms with Gasteiger partial charge in [0.2, 0.25) is 18.0 Å². The summed E-state index contributed by atoms with van der Waals surface area (Å²) < 4.78 is 24.8. The number of nitrogens with one attached hydrogen (secondary N) is 4. The van der Waals surface area contributed by atoms with Gasteiger partial charge in [0.15, 0.2) is 0 Å². The molecule has 3 aromatic heterocycles. The molecule has 9 rings (SSSR count). The summed E-state index contributed by atoms with van der Waals surface area (Å²) in [4.78, 5) is 72.1. The number of ether oxygens (including phenoxy) is 4. The molecule has 6 aromatic rings. The number of fused-ring (bicyclic) bond motifs is 5. The van der Waals surface area contributed by atoms with E-state index >= 15 is 0 Å². The lowest BCUT2D eigenvalue weighted by Gasteiger charge is -2.31. The Morgan fingerprint density at radius 1 is 0.750 bits per heavy atom. The van der Waals surface area contributed by atoms with Crippen LogP contribution in [-0.2, 0) is 19.1 Å². The van der Waals surface area contributed by atoms with Crippen molar-refractivity contribution in [3.63, 3.8) is 0 Å². The van der Waals surface area contributed by atoms with Gasteiger partial charge in [0.1, 0.15) is 35.2 Å². The molecular formula is C51H59N9O8. The second kappa shape index (κ2) is 19.1. The highest BCUT2D eigenvalue weighted by Crippen LogP contribution is 2.46. The van der Waals surface area contributed by atoms with E-state index < -0.39 is 30.5 Å². The number of nitrogens with zero attached hydrogens (tertiary/aromatic N) is 5. The van der Waals surface area contributed by atoms with Crippen molar-refractivity contribution in [3.8, 4) is 45.3 Å². The maximum absolute atomic E-state index is 13.8. The lowest BCUT2D eigenvalue weighted by Crippen LogP contribution is -2.51. The van der Waals surface area contributed by atoms with Crippen LogP contribution in [0.3, 0.4) is 0 Å². The van der Waals surface area contributed by atoms with Crippen molar-refractivity contribution in [1.82, 2.24) is 44.9 Å². The van der Waals surface area contributed by atoms with Crippen LogP contribution in [0.25, 0.3) is 44.7 Å². The van der Waals surface area contributed by atoms with Crippen LogP contribution < -0.4 is 20.1 Å². The van der Waals surface area contributed by atoms with E-state index in [1.807, 2.05) is 82.1 Å². The Kier molecular flexibility index (Phi) is 12.9. The van der Waals surface area contributed by atoms with Crippen LogP contribution >= 0.6 is 0 Å². The number of benzene rings is 3. The average Bonchev–Trinajstić information content (AvgIpc) is 4.20. The molecule has 356 valence electrons. The highest BCUT2D eigenvalue weighted by molar-refractivity contribution is 5.93. The number of rotatable bonds is 13. The fraction of sp³-hybridized carbons (Fsp3) is 0.412. The van der Waals surface area contributed by atoms with E-state index in [2.05, 4.69) is 55.5 Å². The van der Waals surface area contributed by atoms with Gasteiger partial charge in [-0.25, -0.2) is 19.6 Å². The van der Waals surface area contributed by atoms with E-state index in [0.29, 0.717) is 37.1 Å². The smallest absolute Gasteiger partial charge is 0.407 e. The summed E-state index contributed by atoms with van der Waals surface area (Å²) in [6.07, 6.45) is 4.91. The standard InChI is InChI=1S/C51H59N9O8/c1-8-67-34-13-9-12-32(23-34)49-60-38-19-17-30(36-26-52-45(54-36)39-14-10-20-58(39)47(61)43(28(2)3)56-50(63)65-6)22-33(38)24-41(60)35-18-16-31(25-42(35)68-49)37-27-53-46(55-37)40-15-11-21-59(40)48(62)44(29(4)5)57-51(64)66-7/h9,12-13,16-19,22-29,39-40,43-44,49H,8,10-11,14-15,20-21H2,1-7H3,(H,52,54)(H,53,55)(H,56,63)(H,57,64)/t39-,40-,43+,44+,49?/m0/s1. The van der Waals surface area contributed by atoms with Crippen molar-refractivity contribution >= 4 is 34.9 Å². The van der Waals surface area contributed by atoms with Crippen molar-refractivity contribution in [2.45, 2.75) is 90.7 Å². The molecule has 17 heteroatoms. The molecule has 0 spiro atoms. The van der Waals surface area contributed by atoms with Crippen LogP contribution in [0.5, 0.6) is 11.5 Å². The van der Waals surface area contributed by atoms with Crippen LogP contribution in [-0.4, -0.2) is 104 Å². The minimum absolute atomic E-state index is 0.135. The molecule has 68 heavy (non-hydrogen) atoms. The molecule has 3 aliphatic rings. The zero-order valence-electron chi connectivity index (χ0n) is 39.5. The van der Waals surface area contributed by atoms with Gasteiger partial charge in [0, 0.05) is 40.7 Å². The Morgan fingerprint density at radius 2 is 1.32 bits per heavy atom. The third-order valence-corrected chi connectivity index (χ3v) is 13.3. The topological polar surface area (TPSA) is 198 Å². The van der Waals surface area contributed by atoms with Crippen LogP contribution in [0.4, 0.5) is 9.59 Å². The molecule has 0 saturated carbocycles. The van der Waals surface area contributed by atoms with Gasteiger partial charge in [-0.15, -0.1) is 0 Å².